The predicted molar refractivity (Wildman–Crippen MR) is 119 cm³/mol. The van der Waals surface area contributed by atoms with Gasteiger partial charge in [-0.2, -0.15) is 0 Å². The Balaban J connectivity index is 1.62. The summed E-state index contributed by atoms with van der Waals surface area (Å²) in [6, 6.07) is 10.4. The van der Waals surface area contributed by atoms with Gasteiger partial charge in [0, 0.05) is 51.1 Å². The number of ether oxygens (including phenoxy) is 1. The molecule has 1 saturated heterocycles. The molecule has 8 nitrogen and oxygen atoms in total. The van der Waals surface area contributed by atoms with Crippen LogP contribution in [-0.4, -0.2) is 47.2 Å². The van der Waals surface area contributed by atoms with Crippen molar-refractivity contribution in [1.29, 1.82) is 0 Å². The van der Waals surface area contributed by atoms with Crippen LogP contribution in [-0.2, 0) is 16.6 Å². The molecule has 1 aliphatic heterocycles. The number of carbonyl (C=O) groups excluding carboxylic acids is 1. The second-order valence-electron chi connectivity index (χ2n) is 7.67. The Hall–Kier alpha value is -3.59. The number of hydrogen-bond acceptors (Lipinski definition) is 6. The monoisotopic (exact) mass is 437 g/mol. The van der Waals surface area contributed by atoms with Crippen molar-refractivity contribution in [1.82, 2.24) is 14.5 Å². The molecule has 4 rings (SSSR count). The van der Waals surface area contributed by atoms with E-state index < -0.39 is 5.82 Å². The normalized spacial score (nSPS) is 16.1. The highest BCUT2D eigenvalue weighted by Gasteiger charge is 2.25. The van der Waals surface area contributed by atoms with Crippen molar-refractivity contribution in [2.24, 2.45) is 7.05 Å². The van der Waals surface area contributed by atoms with E-state index in [0.717, 1.165) is 17.4 Å². The zero-order valence-corrected chi connectivity index (χ0v) is 18.2. The molecular weight excluding hydrogens is 413 g/mol. The Kier molecular flexibility index (Phi) is 6.00. The van der Waals surface area contributed by atoms with Gasteiger partial charge >= 0.3 is 0 Å². The maximum absolute atomic E-state index is 14.2. The van der Waals surface area contributed by atoms with Crippen LogP contribution in [0.4, 0.5) is 16.0 Å². The topological polar surface area (TPSA) is 80.6 Å². The van der Waals surface area contributed by atoms with E-state index in [0.29, 0.717) is 25.6 Å². The summed E-state index contributed by atoms with van der Waals surface area (Å²) in [7, 11) is 3.37. The van der Waals surface area contributed by atoms with E-state index in [9.17, 15) is 14.0 Å². The first-order chi connectivity index (χ1) is 15.3. The number of carbonyl (C=O) groups is 1. The lowest BCUT2D eigenvalue weighted by Gasteiger charge is -2.34. The highest BCUT2D eigenvalue weighted by Crippen LogP contribution is 2.28. The number of nitrogens with zero attached hydrogens (tertiary/aromatic N) is 5. The zero-order chi connectivity index (χ0) is 22.8. The van der Waals surface area contributed by atoms with Crippen LogP contribution in [0.1, 0.15) is 18.6 Å². The molecule has 32 heavy (non-hydrogen) atoms. The Morgan fingerprint density at radius 2 is 2.00 bits per heavy atom. The minimum atomic E-state index is -0.533. The van der Waals surface area contributed by atoms with Gasteiger partial charge in [0.1, 0.15) is 6.10 Å². The fraction of sp³-hybridized carbons (Fsp3) is 0.304. The third kappa shape index (κ3) is 4.24. The lowest BCUT2D eigenvalue weighted by molar-refractivity contribution is -0.116. The summed E-state index contributed by atoms with van der Waals surface area (Å²) < 4.78 is 21.7. The van der Waals surface area contributed by atoms with Crippen LogP contribution in [0, 0.1) is 5.82 Å². The van der Waals surface area contributed by atoms with E-state index >= 15 is 0 Å². The first-order valence-corrected chi connectivity index (χ1v) is 10.2. The average molecular weight is 437 g/mol. The molecule has 0 aliphatic carbocycles. The van der Waals surface area contributed by atoms with Crippen molar-refractivity contribution >= 4 is 17.5 Å². The smallest absolute Gasteiger partial charge is 0.255 e. The molecule has 2 aromatic heterocycles. The van der Waals surface area contributed by atoms with E-state index in [1.54, 1.807) is 19.0 Å². The predicted octanol–water partition coefficient (Wildman–Crippen LogP) is 2.54. The Bertz CT molecular complexity index is 1190. The van der Waals surface area contributed by atoms with Gasteiger partial charge in [-0.25, -0.2) is 9.37 Å². The van der Waals surface area contributed by atoms with Gasteiger partial charge < -0.3 is 14.5 Å². The molecule has 1 aliphatic rings. The molecule has 0 N–H and O–H groups in total. The maximum Gasteiger partial charge on any atom is 0.255 e. The summed E-state index contributed by atoms with van der Waals surface area (Å²) in [4.78, 5) is 36.1. The van der Waals surface area contributed by atoms with Crippen molar-refractivity contribution in [3.63, 3.8) is 0 Å². The second kappa shape index (κ2) is 8.88. The molecule has 3 aromatic rings. The molecule has 0 radical (unpaired) electrons. The second-order valence-corrected chi connectivity index (χ2v) is 7.67. The number of amides is 1. The summed E-state index contributed by atoms with van der Waals surface area (Å²) in [6.45, 7) is 2.98. The van der Waals surface area contributed by atoms with E-state index in [1.165, 1.54) is 29.8 Å². The van der Waals surface area contributed by atoms with E-state index in [4.69, 9.17) is 4.74 Å². The maximum atomic E-state index is 14.2. The largest absolute Gasteiger partial charge is 0.370 e. The minimum Gasteiger partial charge on any atom is -0.370 e. The van der Waals surface area contributed by atoms with Crippen LogP contribution in [0.15, 0.2) is 53.6 Å². The number of anilines is 2. The lowest BCUT2D eigenvalue weighted by Crippen LogP contribution is -2.41. The number of aromatic nitrogens is 3. The third-order valence-electron chi connectivity index (χ3n) is 5.63. The van der Waals surface area contributed by atoms with Gasteiger partial charge in [-0.15, -0.1) is 0 Å². The minimum absolute atomic E-state index is 0.0460. The van der Waals surface area contributed by atoms with Crippen molar-refractivity contribution in [3.05, 3.63) is 70.5 Å². The quantitative estimate of drug-likeness (QED) is 0.624. The number of benzene rings is 1. The summed E-state index contributed by atoms with van der Waals surface area (Å²) >= 11 is 0. The van der Waals surface area contributed by atoms with Gasteiger partial charge in [-0.05, 0) is 23.8 Å². The first-order valence-electron chi connectivity index (χ1n) is 10.2. The standard InChI is InChI=1S/C23H24FN5O3/c1-15(30)27(2)17-6-4-16(5-7-17)21-14-29(10-11-32-21)23-26-20(12-22(31)28(23)3)18-8-9-25-13-19(18)24/h4-9,12-13,21H,10-11,14H2,1-3H3/t21-/m1/s1. The molecule has 1 fully saturated rings. The fourth-order valence-corrected chi connectivity index (χ4v) is 3.66. The van der Waals surface area contributed by atoms with Gasteiger partial charge in [0.15, 0.2) is 5.82 Å². The fourth-order valence-electron chi connectivity index (χ4n) is 3.66. The van der Waals surface area contributed by atoms with Crippen LogP contribution in [0.25, 0.3) is 11.3 Å². The van der Waals surface area contributed by atoms with Crippen LogP contribution < -0.4 is 15.4 Å². The van der Waals surface area contributed by atoms with Crippen molar-refractivity contribution < 1.29 is 13.9 Å². The van der Waals surface area contributed by atoms with Crippen LogP contribution in [0.5, 0.6) is 0 Å². The first kappa shape index (κ1) is 21.6. The summed E-state index contributed by atoms with van der Waals surface area (Å²) in [5.74, 6) is -0.130. The lowest BCUT2D eigenvalue weighted by atomic mass is 10.1. The molecule has 0 saturated carbocycles. The molecule has 0 bridgehead atoms. The SMILES string of the molecule is CC(=O)N(C)c1ccc([C@H]2CN(c3nc(-c4ccncc4F)cc(=O)n3C)CCO2)cc1. The van der Waals surface area contributed by atoms with Crippen molar-refractivity contribution in [3.8, 4) is 11.3 Å². The van der Waals surface area contributed by atoms with Crippen molar-refractivity contribution in [2.75, 3.05) is 36.5 Å². The summed E-state index contributed by atoms with van der Waals surface area (Å²) in [6.07, 6.45) is 2.33. The molecule has 3 heterocycles. The summed E-state index contributed by atoms with van der Waals surface area (Å²) in [5, 5.41) is 0. The van der Waals surface area contributed by atoms with Crippen LogP contribution >= 0.6 is 0 Å². The Morgan fingerprint density at radius 3 is 2.69 bits per heavy atom. The molecule has 9 heteroatoms. The number of morpholine rings is 1. The molecule has 0 unspecified atom stereocenters. The third-order valence-corrected chi connectivity index (χ3v) is 5.63. The molecule has 1 amide bonds. The van der Waals surface area contributed by atoms with Gasteiger partial charge in [0.05, 0.1) is 25.0 Å². The number of halogens is 1. The van der Waals surface area contributed by atoms with Gasteiger partial charge in [0.25, 0.3) is 5.56 Å². The highest BCUT2D eigenvalue weighted by molar-refractivity contribution is 5.90. The van der Waals surface area contributed by atoms with Crippen molar-refractivity contribution in [2.45, 2.75) is 13.0 Å². The van der Waals surface area contributed by atoms with Crippen LogP contribution in [0.3, 0.4) is 0 Å². The Morgan fingerprint density at radius 1 is 1.25 bits per heavy atom. The van der Waals surface area contributed by atoms with E-state index in [2.05, 4.69) is 9.97 Å². The number of rotatable bonds is 4. The zero-order valence-electron chi connectivity index (χ0n) is 18.2. The molecule has 0 spiro atoms. The highest BCUT2D eigenvalue weighted by atomic mass is 19.1. The van der Waals surface area contributed by atoms with Gasteiger partial charge in [0.2, 0.25) is 11.9 Å². The van der Waals surface area contributed by atoms with Crippen LogP contribution in [0.2, 0.25) is 0 Å². The van der Waals surface area contributed by atoms with Gasteiger partial charge in [-0.3, -0.25) is 19.1 Å². The number of hydrogen-bond donors (Lipinski definition) is 0. The Labute approximate surface area is 184 Å². The molecule has 166 valence electrons. The average Bonchev–Trinajstić information content (AvgIpc) is 2.81. The summed E-state index contributed by atoms with van der Waals surface area (Å²) in [5.41, 5.74) is 1.97. The molecular formula is C23H24FN5O3. The molecule has 1 aromatic carbocycles. The van der Waals surface area contributed by atoms with E-state index in [1.807, 2.05) is 29.2 Å². The van der Waals surface area contributed by atoms with E-state index in [-0.39, 0.29) is 28.8 Å². The number of pyridine rings is 1. The molecule has 1 atom stereocenters. The van der Waals surface area contributed by atoms with Gasteiger partial charge in [-0.1, -0.05) is 12.1 Å².